The minimum atomic E-state index is -0.795. The summed E-state index contributed by atoms with van der Waals surface area (Å²) in [4.78, 5) is 15.4. The molecular weight excluding hydrogens is 284 g/mol. The number of carboxylic acids is 1. The van der Waals surface area contributed by atoms with Crippen LogP contribution in [-0.4, -0.2) is 26.4 Å². The number of aromatic nitrogens is 2. The number of para-hydroxylation sites is 2. The van der Waals surface area contributed by atoms with Crippen LogP contribution in [-0.2, 0) is 11.3 Å². The fourth-order valence-corrected chi connectivity index (χ4v) is 3.84. The number of nitrogens with zero attached hydrogens (tertiary/aromatic N) is 2. The summed E-state index contributed by atoms with van der Waals surface area (Å²) in [7, 11) is 0. The molecule has 3 rings (SSSR count). The van der Waals surface area contributed by atoms with Gasteiger partial charge in [-0.2, -0.15) is 0 Å². The summed E-state index contributed by atoms with van der Waals surface area (Å²) in [5, 5.41) is 9.74. The molecule has 1 N–H and O–H groups in total. The Bertz CT molecular complexity index is 632. The van der Waals surface area contributed by atoms with E-state index >= 15 is 0 Å². The van der Waals surface area contributed by atoms with Crippen LogP contribution in [0.2, 0.25) is 0 Å². The van der Waals surface area contributed by atoms with Crippen LogP contribution in [0.15, 0.2) is 29.4 Å². The lowest BCUT2D eigenvalue weighted by molar-refractivity contribution is -0.133. The van der Waals surface area contributed by atoms with Gasteiger partial charge in [-0.05, 0) is 30.9 Å². The van der Waals surface area contributed by atoms with Crippen molar-refractivity contribution in [1.82, 2.24) is 9.55 Å². The molecule has 0 aliphatic heterocycles. The Hall–Kier alpha value is -1.49. The lowest BCUT2D eigenvalue weighted by atomic mass is 9.89. The van der Waals surface area contributed by atoms with E-state index < -0.39 is 5.97 Å². The Balaban J connectivity index is 1.88. The monoisotopic (exact) mass is 304 g/mol. The van der Waals surface area contributed by atoms with Gasteiger partial charge in [-0.1, -0.05) is 43.2 Å². The van der Waals surface area contributed by atoms with Gasteiger partial charge < -0.3 is 9.67 Å². The van der Waals surface area contributed by atoms with Gasteiger partial charge in [0.1, 0.15) is 0 Å². The third kappa shape index (κ3) is 3.40. The SMILES string of the molecule is O=C(O)CSc1nc2ccccc2n1CC1CCCCC1. The predicted octanol–water partition coefficient (Wildman–Crippen LogP) is 3.79. The first-order chi connectivity index (χ1) is 10.2. The first kappa shape index (κ1) is 14.4. The Morgan fingerprint density at radius 3 is 2.81 bits per heavy atom. The minimum absolute atomic E-state index is 0.0635. The third-order valence-corrected chi connectivity index (χ3v) is 5.07. The maximum atomic E-state index is 10.8. The second-order valence-corrected chi connectivity index (χ2v) is 6.62. The van der Waals surface area contributed by atoms with Gasteiger partial charge >= 0.3 is 5.97 Å². The smallest absolute Gasteiger partial charge is 0.313 e. The quantitative estimate of drug-likeness (QED) is 0.854. The van der Waals surface area contributed by atoms with Crippen LogP contribution in [0.3, 0.4) is 0 Å². The van der Waals surface area contributed by atoms with Crippen LogP contribution in [0, 0.1) is 5.92 Å². The molecule has 0 amide bonds. The second-order valence-electron chi connectivity index (χ2n) is 5.68. The van der Waals surface area contributed by atoms with Crippen LogP contribution in [0.25, 0.3) is 11.0 Å². The predicted molar refractivity (Wildman–Crippen MR) is 84.7 cm³/mol. The summed E-state index contributed by atoms with van der Waals surface area (Å²) in [5.41, 5.74) is 2.08. The van der Waals surface area contributed by atoms with E-state index in [4.69, 9.17) is 5.11 Å². The molecule has 1 saturated carbocycles. The maximum Gasteiger partial charge on any atom is 0.313 e. The van der Waals surface area contributed by atoms with Crippen molar-refractivity contribution in [2.24, 2.45) is 5.92 Å². The van der Waals surface area contributed by atoms with E-state index in [2.05, 4.69) is 15.6 Å². The topological polar surface area (TPSA) is 55.1 Å². The van der Waals surface area contributed by atoms with Crippen molar-refractivity contribution in [1.29, 1.82) is 0 Å². The van der Waals surface area contributed by atoms with E-state index in [0.29, 0.717) is 5.92 Å². The summed E-state index contributed by atoms with van der Waals surface area (Å²) in [6.45, 7) is 0.961. The van der Waals surface area contributed by atoms with Crippen molar-refractivity contribution in [3.8, 4) is 0 Å². The average Bonchev–Trinajstić information content (AvgIpc) is 2.84. The van der Waals surface area contributed by atoms with Gasteiger partial charge in [-0.3, -0.25) is 4.79 Å². The fourth-order valence-electron chi connectivity index (χ4n) is 3.09. The molecule has 1 fully saturated rings. The second kappa shape index (κ2) is 6.52. The zero-order valence-corrected chi connectivity index (χ0v) is 12.8. The minimum Gasteiger partial charge on any atom is -0.481 e. The molecule has 0 spiro atoms. The number of rotatable bonds is 5. The van der Waals surface area contributed by atoms with Gasteiger partial charge in [0.05, 0.1) is 16.8 Å². The van der Waals surface area contributed by atoms with Crippen LogP contribution < -0.4 is 0 Å². The standard InChI is InChI=1S/C16H20N2O2S/c19-15(20)11-21-16-17-13-8-4-5-9-14(13)18(16)10-12-6-2-1-3-7-12/h4-5,8-9,12H,1-3,6-7,10-11H2,(H,19,20). The lowest BCUT2D eigenvalue weighted by Crippen LogP contribution is -2.15. The Morgan fingerprint density at radius 1 is 1.29 bits per heavy atom. The zero-order valence-electron chi connectivity index (χ0n) is 12.0. The van der Waals surface area contributed by atoms with E-state index in [1.54, 1.807) is 0 Å². The largest absolute Gasteiger partial charge is 0.481 e. The van der Waals surface area contributed by atoms with Crippen molar-refractivity contribution in [3.63, 3.8) is 0 Å². The number of hydrogen-bond acceptors (Lipinski definition) is 3. The molecule has 112 valence electrons. The average molecular weight is 304 g/mol. The molecule has 0 atom stereocenters. The fraction of sp³-hybridized carbons (Fsp3) is 0.500. The molecule has 0 bridgehead atoms. The van der Waals surface area contributed by atoms with Crippen molar-refractivity contribution in [2.75, 3.05) is 5.75 Å². The molecular formula is C16H20N2O2S. The summed E-state index contributed by atoms with van der Waals surface area (Å²) < 4.78 is 2.22. The molecule has 2 aromatic rings. The van der Waals surface area contributed by atoms with Crippen LogP contribution in [0.5, 0.6) is 0 Å². The first-order valence-electron chi connectivity index (χ1n) is 7.54. The normalized spacial score (nSPS) is 16.4. The van der Waals surface area contributed by atoms with E-state index in [1.807, 2.05) is 18.2 Å². The lowest BCUT2D eigenvalue weighted by Gasteiger charge is -2.23. The summed E-state index contributed by atoms with van der Waals surface area (Å²) in [6.07, 6.45) is 6.52. The molecule has 5 heteroatoms. The molecule has 1 heterocycles. The Morgan fingerprint density at radius 2 is 2.05 bits per heavy atom. The highest BCUT2D eigenvalue weighted by Crippen LogP contribution is 2.30. The molecule has 0 radical (unpaired) electrons. The maximum absolute atomic E-state index is 10.8. The molecule has 21 heavy (non-hydrogen) atoms. The number of aliphatic carboxylic acids is 1. The van der Waals surface area contributed by atoms with E-state index in [-0.39, 0.29) is 5.75 Å². The highest BCUT2D eigenvalue weighted by Gasteiger charge is 2.18. The highest BCUT2D eigenvalue weighted by atomic mass is 32.2. The summed E-state index contributed by atoms with van der Waals surface area (Å²) in [5.74, 6) is -0.0367. The zero-order chi connectivity index (χ0) is 14.7. The number of carbonyl (C=O) groups is 1. The number of carboxylic acid groups (broad SMARTS) is 1. The van der Waals surface area contributed by atoms with Crippen molar-refractivity contribution in [3.05, 3.63) is 24.3 Å². The summed E-state index contributed by atoms with van der Waals surface area (Å²) >= 11 is 1.32. The Kier molecular flexibility index (Phi) is 4.48. The molecule has 1 aliphatic carbocycles. The van der Waals surface area contributed by atoms with Crippen LogP contribution in [0.1, 0.15) is 32.1 Å². The molecule has 4 nitrogen and oxygen atoms in total. The molecule has 1 aromatic carbocycles. The van der Waals surface area contributed by atoms with Crippen LogP contribution in [0.4, 0.5) is 0 Å². The van der Waals surface area contributed by atoms with Crippen molar-refractivity contribution < 1.29 is 9.90 Å². The summed E-state index contributed by atoms with van der Waals surface area (Å²) in [6, 6.07) is 8.08. The third-order valence-electron chi connectivity index (χ3n) is 4.11. The van der Waals surface area contributed by atoms with E-state index in [9.17, 15) is 4.79 Å². The molecule has 1 aliphatic rings. The van der Waals surface area contributed by atoms with Gasteiger partial charge in [0.15, 0.2) is 5.16 Å². The number of thioether (sulfide) groups is 1. The van der Waals surface area contributed by atoms with Gasteiger partial charge in [-0.15, -0.1) is 0 Å². The van der Waals surface area contributed by atoms with Crippen molar-refractivity contribution >= 4 is 28.8 Å². The molecule has 0 unspecified atom stereocenters. The van der Waals surface area contributed by atoms with E-state index in [0.717, 1.165) is 22.7 Å². The van der Waals surface area contributed by atoms with Gasteiger partial charge in [-0.25, -0.2) is 4.98 Å². The van der Waals surface area contributed by atoms with Crippen LogP contribution >= 0.6 is 11.8 Å². The van der Waals surface area contributed by atoms with Gasteiger partial charge in [0.25, 0.3) is 0 Å². The highest BCUT2D eigenvalue weighted by molar-refractivity contribution is 7.99. The number of hydrogen-bond donors (Lipinski definition) is 1. The Labute approximate surface area is 128 Å². The van der Waals surface area contributed by atoms with Gasteiger partial charge in [0.2, 0.25) is 0 Å². The number of fused-ring (bicyclic) bond motifs is 1. The number of benzene rings is 1. The number of imidazole rings is 1. The first-order valence-corrected chi connectivity index (χ1v) is 8.52. The van der Waals surface area contributed by atoms with E-state index in [1.165, 1.54) is 43.9 Å². The van der Waals surface area contributed by atoms with Crippen molar-refractivity contribution in [2.45, 2.75) is 43.8 Å². The molecule has 0 saturated heterocycles. The van der Waals surface area contributed by atoms with Gasteiger partial charge in [0, 0.05) is 6.54 Å². The molecule has 1 aromatic heterocycles.